The molecule has 0 unspecified atom stereocenters. The van der Waals surface area contributed by atoms with E-state index in [1.54, 1.807) is 7.11 Å². The van der Waals surface area contributed by atoms with Gasteiger partial charge in [-0.05, 0) is 42.0 Å². The zero-order valence-electron chi connectivity index (χ0n) is 16.6. The maximum absolute atomic E-state index is 13.2. The average molecular weight is 373 g/mol. The van der Waals surface area contributed by atoms with E-state index in [0.29, 0.717) is 19.6 Å². The third kappa shape index (κ3) is 5.08. The number of benzene rings is 2. The minimum Gasteiger partial charge on any atom is -0.385 e. The number of rotatable bonds is 8. The van der Waals surface area contributed by atoms with E-state index in [9.17, 15) is 4.79 Å². The summed E-state index contributed by atoms with van der Waals surface area (Å²) in [6.07, 6.45) is 7.65. The fourth-order valence-electron chi connectivity index (χ4n) is 3.40. The van der Waals surface area contributed by atoms with Crippen molar-refractivity contribution in [3.8, 4) is 0 Å². The minimum absolute atomic E-state index is 0.0817. The Morgan fingerprint density at radius 3 is 2.32 bits per heavy atom. The van der Waals surface area contributed by atoms with Gasteiger partial charge in [0, 0.05) is 25.5 Å². The summed E-state index contributed by atoms with van der Waals surface area (Å²) in [4.78, 5) is 13.2. The van der Waals surface area contributed by atoms with Gasteiger partial charge in [0.2, 0.25) is 0 Å². The number of ether oxygens (including phenoxy) is 1. The van der Waals surface area contributed by atoms with Crippen LogP contribution in [0.5, 0.6) is 0 Å². The molecule has 0 aliphatic heterocycles. The summed E-state index contributed by atoms with van der Waals surface area (Å²) in [6, 6.07) is 20.3. The molecule has 0 aliphatic carbocycles. The van der Waals surface area contributed by atoms with E-state index >= 15 is 0 Å². The number of pyridine rings is 1. The lowest BCUT2D eigenvalue weighted by Crippen LogP contribution is -2.26. The molecule has 1 aromatic heterocycles. The number of aromatic nitrogens is 1. The van der Waals surface area contributed by atoms with Gasteiger partial charge in [-0.3, -0.25) is 4.79 Å². The Morgan fingerprint density at radius 2 is 1.64 bits per heavy atom. The second-order valence-corrected chi connectivity index (χ2v) is 6.96. The van der Waals surface area contributed by atoms with Crippen molar-refractivity contribution in [1.29, 1.82) is 0 Å². The number of nitrogens with zero attached hydrogens (tertiary/aromatic N) is 1. The molecule has 3 heteroatoms. The van der Waals surface area contributed by atoms with Crippen molar-refractivity contribution in [3.05, 3.63) is 105 Å². The van der Waals surface area contributed by atoms with E-state index < -0.39 is 0 Å². The summed E-state index contributed by atoms with van der Waals surface area (Å²) >= 11 is 0. The monoisotopic (exact) mass is 373 g/mol. The highest BCUT2D eigenvalue weighted by atomic mass is 16.5. The summed E-state index contributed by atoms with van der Waals surface area (Å²) in [5.41, 5.74) is 5.32. The number of hydrogen-bond acceptors (Lipinski definition) is 2. The van der Waals surface area contributed by atoms with Crippen LogP contribution in [0.4, 0.5) is 0 Å². The first kappa shape index (κ1) is 19.8. The highest BCUT2D eigenvalue weighted by Crippen LogP contribution is 2.17. The van der Waals surface area contributed by atoms with E-state index in [1.807, 2.05) is 47.2 Å². The van der Waals surface area contributed by atoms with Crippen LogP contribution in [0.2, 0.25) is 0 Å². The second kappa shape index (κ2) is 9.86. The smallest absolute Gasteiger partial charge is 0.254 e. The third-order valence-corrected chi connectivity index (χ3v) is 4.83. The van der Waals surface area contributed by atoms with E-state index in [1.165, 1.54) is 0 Å². The van der Waals surface area contributed by atoms with Crippen molar-refractivity contribution in [2.45, 2.75) is 26.3 Å². The third-order valence-electron chi connectivity index (χ3n) is 4.83. The lowest BCUT2D eigenvalue weighted by molar-refractivity contribution is 0.195. The molecule has 0 radical (unpaired) electrons. The molecular formula is C25H27NO2. The quantitative estimate of drug-likeness (QED) is 0.523. The van der Waals surface area contributed by atoms with Gasteiger partial charge >= 0.3 is 0 Å². The molecule has 0 atom stereocenters. The van der Waals surface area contributed by atoms with Crippen molar-refractivity contribution >= 4 is 12.2 Å². The molecule has 0 bridgehead atoms. The molecule has 28 heavy (non-hydrogen) atoms. The Labute approximate surface area is 166 Å². The van der Waals surface area contributed by atoms with Gasteiger partial charge in [0.05, 0.1) is 6.54 Å². The Balaban J connectivity index is 1.99. The van der Waals surface area contributed by atoms with Crippen LogP contribution < -0.4 is 5.56 Å². The molecule has 0 saturated carbocycles. The van der Waals surface area contributed by atoms with Crippen LogP contribution in [-0.2, 0) is 17.7 Å². The van der Waals surface area contributed by atoms with E-state index in [0.717, 1.165) is 34.2 Å². The van der Waals surface area contributed by atoms with Crippen molar-refractivity contribution in [3.63, 3.8) is 0 Å². The number of hydrogen-bond donors (Lipinski definition) is 0. The molecule has 0 aliphatic rings. The first-order chi connectivity index (χ1) is 13.7. The standard InChI is InChI=1S/C25H27NO2/c1-20-18-26(19-22-12-7-4-8-13-22)25(27)24(14-9-17-28-2)23(20)16-15-21-10-5-3-6-11-21/h3-8,10-13,15-16,18H,9,14,17,19H2,1-2H3/b16-15+. The van der Waals surface area contributed by atoms with Gasteiger partial charge in [0.25, 0.3) is 5.56 Å². The lowest BCUT2D eigenvalue weighted by atomic mass is 9.99. The summed E-state index contributed by atoms with van der Waals surface area (Å²) in [6.45, 7) is 3.31. The van der Waals surface area contributed by atoms with Gasteiger partial charge in [0.1, 0.15) is 0 Å². The molecule has 1 heterocycles. The van der Waals surface area contributed by atoms with Crippen molar-refractivity contribution in [1.82, 2.24) is 4.57 Å². The van der Waals surface area contributed by atoms with Crippen LogP contribution in [0.15, 0.2) is 71.7 Å². The Bertz CT molecular complexity index is 973. The molecule has 0 amide bonds. The Morgan fingerprint density at radius 1 is 0.964 bits per heavy atom. The molecule has 0 fully saturated rings. The van der Waals surface area contributed by atoms with Crippen LogP contribution >= 0.6 is 0 Å². The van der Waals surface area contributed by atoms with E-state index in [4.69, 9.17) is 4.74 Å². The van der Waals surface area contributed by atoms with Crippen LogP contribution in [0, 0.1) is 6.92 Å². The SMILES string of the molecule is COCCCc1c(/C=C/c2ccccc2)c(C)cn(Cc2ccccc2)c1=O. The maximum atomic E-state index is 13.2. The topological polar surface area (TPSA) is 31.2 Å². The van der Waals surface area contributed by atoms with Crippen molar-refractivity contribution in [2.75, 3.05) is 13.7 Å². The van der Waals surface area contributed by atoms with E-state index in [-0.39, 0.29) is 5.56 Å². The molecule has 3 rings (SSSR count). The first-order valence-corrected chi connectivity index (χ1v) is 9.68. The van der Waals surface area contributed by atoms with Gasteiger partial charge < -0.3 is 9.30 Å². The number of methoxy groups -OCH3 is 1. The maximum Gasteiger partial charge on any atom is 0.254 e. The predicted molar refractivity (Wildman–Crippen MR) is 117 cm³/mol. The fourth-order valence-corrected chi connectivity index (χ4v) is 3.40. The van der Waals surface area contributed by atoms with Gasteiger partial charge in [-0.25, -0.2) is 0 Å². The van der Waals surface area contributed by atoms with Gasteiger partial charge in [-0.2, -0.15) is 0 Å². The fraction of sp³-hybridized carbons (Fsp3) is 0.240. The molecular weight excluding hydrogens is 346 g/mol. The van der Waals surface area contributed by atoms with Crippen LogP contribution in [0.3, 0.4) is 0 Å². The Hall–Kier alpha value is -2.91. The van der Waals surface area contributed by atoms with Crippen LogP contribution in [-0.4, -0.2) is 18.3 Å². The highest BCUT2D eigenvalue weighted by Gasteiger charge is 2.12. The molecule has 0 spiro atoms. The number of aryl methyl sites for hydroxylation is 1. The summed E-state index contributed by atoms with van der Waals surface area (Å²) in [7, 11) is 1.69. The van der Waals surface area contributed by atoms with Gasteiger partial charge in [0.15, 0.2) is 0 Å². The Kier molecular flexibility index (Phi) is 6.99. The molecule has 2 aromatic carbocycles. The highest BCUT2D eigenvalue weighted by molar-refractivity contribution is 5.72. The predicted octanol–water partition coefficient (Wildman–Crippen LogP) is 4.95. The first-order valence-electron chi connectivity index (χ1n) is 9.68. The van der Waals surface area contributed by atoms with Gasteiger partial charge in [-0.15, -0.1) is 0 Å². The molecule has 0 saturated heterocycles. The lowest BCUT2D eigenvalue weighted by Gasteiger charge is -2.14. The minimum atomic E-state index is 0.0817. The normalized spacial score (nSPS) is 11.2. The largest absolute Gasteiger partial charge is 0.385 e. The zero-order valence-corrected chi connectivity index (χ0v) is 16.6. The van der Waals surface area contributed by atoms with Crippen molar-refractivity contribution in [2.24, 2.45) is 0 Å². The molecule has 0 N–H and O–H groups in total. The van der Waals surface area contributed by atoms with Crippen molar-refractivity contribution < 1.29 is 4.74 Å². The van der Waals surface area contributed by atoms with Crippen LogP contribution in [0.25, 0.3) is 12.2 Å². The second-order valence-electron chi connectivity index (χ2n) is 6.96. The van der Waals surface area contributed by atoms with Crippen LogP contribution in [0.1, 0.15) is 34.2 Å². The molecule has 3 nitrogen and oxygen atoms in total. The van der Waals surface area contributed by atoms with Gasteiger partial charge in [-0.1, -0.05) is 72.8 Å². The molecule has 144 valence electrons. The zero-order chi connectivity index (χ0) is 19.8. The summed E-state index contributed by atoms with van der Waals surface area (Å²) in [5.74, 6) is 0. The summed E-state index contributed by atoms with van der Waals surface area (Å²) < 4.78 is 7.03. The molecule has 3 aromatic rings. The summed E-state index contributed by atoms with van der Waals surface area (Å²) in [5, 5.41) is 0. The average Bonchev–Trinajstić information content (AvgIpc) is 2.72. The van der Waals surface area contributed by atoms with E-state index in [2.05, 4.69) is 43.3 Å².